The van der Waals surface area contributed by atoms with Gasteiger partial charge in [0.2, 0.25) is 0 Å². The topological polar surface area (TPSA) is 67.8 Å². The summed E-state index contributed by atoms with van der Waals surface area (Å²) in [5.74, 6) is 0.845. The molecule has 0 unspecified atom stereocenters. The van der Waals surface area contributed by atoms with Crippen molar-refractivity contribution in [3.63, 3.8) is 0 Å². The van der Waals surface area contributed by atoms with Crippen LogP contribution in [0.25, 0.3) is 10.9 Å². The van der Waals surface area contributed by atoms with E-state index in [2.05, 4.69) is 51.8 Å². The van der Waals surface area contributed by atoms with Crippen LogP contribution in [0.4, 0.5) is 0 Å². The van der Waals surface area contributed by atoms with E-state index >= 15 is 0 Å². The van der Waals surface area contributed by atoms with Crippen molar-refractivity contribution < 1.29 is 9.47 Å². The third-order valence-corrected chi connectivity index (χ3v) is 3.90. The number of aromatic nitrogens is 1. The summed E-state index contributed by atoms with van der Waals surface area (Å²) in [5, 5.41) is 7.85. The Morgan fingerprint density at radius 1 is 1.11 bits per heavy atom. The van der Waals surface area contributed by atoms with E-state index in [-0.39, 0.29) is 24.0 Å². The van der Waals surface area contributed by atoms with Gasteiger partial charge in [0.15, 0.2) is 5.96 Å². The van der Waals surface area contributed by atoms with Gasteiger partial charge in [-0.3, -0.25) is 9.98 Å². The molecule has 7 heteroatoms. The molecule has 27 heavy (non-hydrogen) atoms. The molecule has 0 saturated heterocycles. The predicted octanol–water partition coefficient (Wildman–Crippen LogP) is 3.00. The number of hydrogen-bond donors (Lipinski definition) is 2. The van der Waals surface area contributed by atoms with Gasteiger partial charge in [-0.2, -0.15) is 0 Å². The Balaban J connectivity index is 0.00000364. The number of guanidine groups is 1. The summed E-state index contributed by atoms with van der Waals surface area (Å²) in [6, 6.07) is 10.4. The molecule has 0 radical (unpaired) electrons. The zero-order valence-corrected chi connectivity index (χ0v) is 18.6. The summed E-state index contributed by atoms with van der Waals surface area (Å²) in [7, 11) is 1.68. The van der Waals surface area contributed by atoms with Gasteiger partial charge in [0.1, 0.15) is 0 Å². The van der Waals surface area contributed by atoms with E-state index in [4.69, 9.17) is 9.47 Å². The molecule has 0 aliphatic heterocycles. The minimum absolute atomic E-state index is 0. The minimum atomic E-state index is 0. The number of halogens is 1. The summed E-state index contributed by atoms with van der Waals surface area (Å²) in [5.41, 5.74) is 2.32. The second kappa shape index (κ2) is 14.6. The van der Waals surface area contributed by atoms with Crippen molar-refractivity contribution in [2.45, 2.75) is 19.8 Å². The van der Waals surface area contributed by atoms with Crippen molar-refractivity contribution in [2.24, 2.45) is 4.99 Å². The highest BCUT2D eigenvalue weighted by atomic mass is 127. The molecule has 0 saturated carbocycles. The Bertz CT molecular complexity index is 677. The smallest absolute Gasteiger partial charge is 0.191 e. The maximum Gasteiger partial charge on any atom is 0.191 e. The van der Waals surface area contributed by atoms with Crippen LogP contribution in [0.3, 0.4) is 0 Å². The van der Waals surface area contributed by atoms with Gasteiger partial charge < -0.3 is 20.1 Å². The Hall–Kier alpha value is -1.45. The third kappa shape index (κ3) is 8.85. The molecule has 2 rings (SSSR count). The number of hydrogen-bond acceptors (Lipinski definition) is 4. The van der Waals surface area contributed by atoms with Gasteiger partial charge in [-0.05, 0) is 31.4 Å². The summed E-state index contributed by atoms with van der Waals surface area (Å²) in [6.07, 6.45) is 3.64. The number of ether oxygens (including phenoxy) is 2. The van der Waals surface area contributed by atoms with Crippen LogP contribution >= 0.6 is 24.0 Å². The number of fused-ring (bicyclic) bond motifs is 1. The normalized spacial score (nSPS) is 11.3. The zero-order chi connectivity index (χ0) is 18.5. The van der Waals surface area contributed by atoms with E-state index in [1.54, 1.807) is 7.11 Å². The molecule has 1 aromatic carbocycles. The van der Waals surface area contributed by atoms with Crippen molar-refractivity contribution in [3.8, 4) is 0 Å². The van der Waals surface area contributed by atoms with E-state index in [9.17, 15) is 0 Å². The van der Waals surface area contributed by atoms with E-state index < -0.39 is 0 Å². The number of nitrogens with one attached hydrogen (secondary N) is 2. The Kier molecular flexibility index (Phi) is 12.7. The quantitative estimate of drug-likeness (QED) is 0.221. The fraction of sp³-hybridized carbons (Fsp3) is 0.500. The lowest BCUT2D eigenvalue weighted by atomic mass is 10.1. The van der Waals surface area contributed by atoms with Crippen molar-refractivity contribution in [3.05, 3.63) is 42.1 Å². The van der Waals surface area contributed by atoms with E-state index in [1.165, 1.54) is 10.9 Å². The molecular weight excluding hydrogens is 455 g/mol. The standard InChI is InChI=1S/C20H30N4O2.HI/c1-3-21-20(23-12-6-14-26-16-15-25-2)24-13-10-18-8-4-7-17-9-5-11-22-19(17)18;/h4-5,7-9,11H,3,6,10,12-16H2,1-2H3,(H2,21,23,24);1H. The molecule has 2 N–H and O–H groups in total. The largest absolute Gasteiger partial charge is 0.382 e. The molecule has 1 aromatic heterocycles. The number of methoxy groups -OCH3 is 1. The number of rotatable bonds is 11. The maximum atomic E-state index is 5.45. The average molecular weight is 486 g/mol. The highest BCUT2D eigenvalue weighted by molar-refractivity contribution is 14.0. The van der Waals surface area contributed by atoms with Crippen molar-refractivity contribution in [1.29, 1.82) is 0 Å². The van der Waals surface area contributed by atoms with Crippen LogP contribution in [0.1, 0.15) is 18.9 Å². The van der Waals surface area contributed by atoms with Gasteiger partial charge in [0.25, 0.3) is 0 Å². The summed E-state index contributed by atoms with van der Waals surface area (Å²) in [4.78, 5) is 9.10. The third-order valence-electron chi connectivity index (χ3n) is 3.90. The van der Waals surface area contributed by atoms with Crippen LogP contribution in [0.5, 0.6) is 0 Å². The summed E-state index contributed by atoms with van der Waals surface area (Å²) >= 11 is 0. The summed E-state index contributed by atoms with van der Waals surface area (Å²) < 4.78 is 10.4. The number of benzene rings is 1. The highest BCUT2D eigenvalue weighted by Crippen LogP contribution is 2.15. The molecule has 150 valence electrons. The van der Waals surface area contributed by atoms with Crippen LogP contribution < -0.4 is 10.6 Å². The SMILES string of the molecule is CCNC(=NCCCOCCOC)NCCc1cccc2cccnc12.I. The molecule has 0 atom stereocenters. The van der Waals surface area contributed by atoms with Crippen LogP contribution in [0.2, 0.25) is 0 Å². The molecule has 2 aromatic rings. The first kappa shape index (κ1) is 23.6. The van der Waals surface area contributed by atoms with E-state index in [0.717, 1.165) is 44.0 Å². The number of para-hydroxylation sites is 1. The van der Waals surface area contributed by atoms with E-state index in [0.29, 0.717) is 19.8 Å². The van der Waals surface area contributed by atoms with Gasteiger partial charge in [-0.1, -0.05) is 24.3 Å². The predicted molar refractivity (Wildman–Crippen MR) is 122 cm³/mol. The first-order chi connectivity index (χ1) is 12.8. The molecule has 0 amide bonds. The molecule has 1 heterocycles. The lowest BCUT2D eigenvalue weighted by molar-refractivity contribution is 0.0702. The molecule has 0 spiro atoms. The lowest BCUT2D eigenvalue weighted by Gasteiger charge is -2.12. The van der Waals surface area contributed by atoms with Crippen LogP contribution in [-0.4, -0.2) is 57.5 Å². The fourth-order valence-corrected chi connectivity index (χ4v) is 2.63. The van der Waals surface area contributed by atoms with Gasteiger partial charge in [0, 0.05) is 44.9 Å². The second-order valence-electron chi connectivity index (χ2n) is 5.89. The summed E-state index contributed by atoms with van der Waals surface area (Å²) in [6.45, 7) is 6.43. The lowest BCUT2D eigenvalue weighted by Crippen LogP contribution is -2.38. The van der Waals surface area contributed by atoms with Crippen LogP contribution in [0, 0.1) is 0 Å². The first-order valence-electron chi connectivity index (χ1n) is 9.26. The van der Waals surface area contributed by atoms with Crippen molar-refractivity contribution in [2.75, 3.05) is 46.6 Å². The van der Waals surface area contributed by atoms with Gasteiger partial charge in [-0.15, -0.1) is 24.0 Å². The first-order valence-corrected chi connectivity index (χ1v) is 9.26. The number of aliphatic imine (C=N–C) groups is 1. The fourth-order valence-electron chi connectivity index (χ4n) is 2.63. The monoisotopic (exact) mass is 486 g/mol. The molecule has 0 fully saturated rings. The highest BCUT2D eigenvalue weighted by Gasteiger charge is 2.02. The zero-order valence-electron chi connectivity index (χ0n) is 16.2. The average Bonchev–Trinajstić information content (AvgIpc) is 2.67. The number of nitrogens with zero attached hydrogens (tertiary/aromatic N) is 2. The molecule has 0 aliphatic carbocycles. The van der Waals surface area contributed by atoms with Crippen molar-refractivity contribution >= 4 is 40.8 Å². The Labute approximate surface area is 179 Å². The van der Waals surface area contributed by atoms with Crippen LogP contribution in [0.15, 0.2) is 41.5 Å². The van der Waals surface area contributed by atoms with Crippen molar-refractivity contribution in [1.82, 2.24) is 15.6 Å². The number of pyridine rings is 1. The Morgan fingerprint density at radius 2 is 1.96 bits per heavy atom. The van der Waals surface area contributed by atoms with Gasteiger partial charge in [0.05, 0.1) is 18.7 Å². The second-order valence-corrected chi connectivity index (χ2v) is 5.89. The Morgan fingerprint density at radius 3 is 2.78 bits per heavy atom. The maximum absolute atomic E-state index is 5.45. The molecular formula is C20H31IN4O2. The van der Waals surface area contributed by atoms with E-state index in [1.807, 2.05) is 12.3 Å². The molecule has 0 bridgehead atoms. The molecule has 0 aliphatic rings. The molecule has 6 nitrogen and oxygen atoms in total. The van der Waals surface area contributed by atoms with Crippen LogP contribution in [-0.2, 0) is 15.9 Å². The van der Waals surface area contributed by atoms with Gasteiger partial charge >= 0.3 is 0 Å². The van der Waals surface area contributed by atoms with Gasteiger partial charge in [-0.25, -0.2) is 0 Å². The minimum Gasteiger partial charge on any atom is -0.382 e.